The molecular formula is C16H27. The first-order chi connectivity index (χ1) is 7.79. The Kier molecular flexibility index (Phi) is 4.49. The minimum Gasteiger partial charge on any atom is -0.0853 e. The normalized spacial score (nSPS) is 32.5. The molecule has 2 unspecified atom stereocenters. The molecule has 0 aromatic carbocycles. The van der Waals surface area contributed by atoms with E-state index in [4.69, 9.17) is 0 Å². The van der Waals surface area contributed by atoms with Gasteiger partial charge in [-0.25, -0.2) is 0 Å². The molecule has 0 N–H and O–H groups in total. The van der Waals surface area contributed by atoms with E-state index in [1.807, 2.05) is 5.92 Å². The molecule has 1 saturated carbocycles. The van der Waals surface area contributed by atoms with Gasteiger partial charge in [-0.1, -0.05) is 38.3 Å². The van der Waals surface area contributed by atoms with Crippen LogP contribution in [0.15, 0.2) is 11.6 Å². The zero-order valence-electron chi connectivity index (χ0n) is 11.1. The van der Waals surface area contributed by atoms with Crippen molar-refractivity contribution in [3.8, 4) is 0 Å². The van der Waals surface area contributed by atoms with Crippen molar-refractivity contribution < 1.29 is 0 Å². The summed E-state index contributed by atoms with van der Waals surface area (Å²) in [6, 6.07) is 0. The molecule has 2 atom stereocenters. The first-order valence-corrected chi connectivity index (χ1v) is 7.32. The summed E-state index contributed by atoms with van der Waals surface area (Å²) in [5, 5.41) is 0. The van der Waals surface area contributed by atoms with Gasteiger partial charge in [0.25, 0.3) is 0 Å². The Morgan fingerprint density at radius 2 is 2.12 bits per heavy atom. The predicted octanol–water partition coefficient (Wildman–Crippen LogP) is 5.30. The first kappa shape index (κ1) is 12.2. The van der Waals surface area contributed by atoms with Gasteiger partial charge in [-0.3, -0.25) is 0 Å². The molecule has 0 heteroatoms. The zero-order valence-corrected chi connectivity index (χ0v) is 11.1. The number of allylic oxidation sites excluding steroid dienone is 2. The summed E-state index contributed by atoms with van der Waals surface area (Å²) in [7, 11) is 0. The molecule has 0 aliphatic heterocycles. The molecule has 16 heavy (non-hydrogen) atoms. The van der Waals surface area contributed by atoms with Crippen LogP contribution in [0.25, 0.3) is 0 Å². The second-order valence-electron chi connectivity index (χ2n) is 5.93. The molecule has 0 aromatic rings. The fourth-order valence-electron chi connectivity index (χ4n) is 3.45. The zero-order chi connectivity index (χ0) is 11.4. The number of hydrogen-bond acceptors (Lipinski definition) is 0. The van der Waals surface area contributed by atoms with Crippen LogP contribution in [0.1, 0.15) is 71.6 Å². The Labute approximate surface area is 102 Å². The minimum atomic E-state index is 0.937. The summed E-state index contributed by atoms with van der Waals surface area (Å²) in [6.07, 6.45) is 15.2. The average molecular weight is 219 g/mol. The summed E-state index contributed by atoms with van der Waals surface area (Å²) in [5.41, 5.74) is 1.76. The molecule has 2 rings (SSSR count). The van der Waals surface area contributed by atoms with Gasteiger partial charge >= 0.3 is 0 Å². The molecule has 2 aliphatic rings. The Hall–Kier alpha value is -0.260. The van der Waals surface area contributed by atoms with Crippen molar-refractivity contribution in [1.29, 1.82) is 0 Å². The lowest BCUT2D eigenvalue weighted by atomic mass is 9.70. The van der Waals surface area contributed by atoms with Crippen LogP contribution in [0.2, 0.25) is 0 Å². The van der Waals surface area contributed by atoms with Crippen molar-refractivity contribution in [3.63, 3.8) is 0 Å². The van der Waals surface area contributed by atoms with Gasteiger partial charge in [0.05, 0.1) is 0 Å². The molecule has 0 bridgehead atoms. The average Bonchev–Trinajstić information content (AvgIpc) is 2.33. The highest BCUT2D eigenvalue weighted by molar-refractivity contribution is 5.15. The van der Waals surface area contributed by atoms with Gasteiger partial charge in [0.2, 0.25) is 0 Å². The highest BCUT2D eigenvalue weighted by atomic mass is 14.3. The summed E-state index contributed by atoms with van der Waals surface area (Å²) in [5.74, 6) is 3.79. The van der Waals surface area contributed by atoms with Crippen LogP contribution in [-0.4, -0.2) is 0 Å². The van der Waals surface area contributed by atoms with E-state index in [0.717, 1.165) is 11.8 Å². The molecule has 2 aliphatic carbocycles. The van der Waals surface area contributed by atoms with Crippen molar-refractivity contribution in [2.24, 2.45) is 11.8 Å². The summed E-state index contributed by atoms with van der Waals surface area (Å²) in [6.45, 7) is 4.80. The maximum Gasteiger partial charge on any atom is -0.0170 e. The van der Waals surface area contributed by atoms with E-state index in [9.17, 15) is 0 Å². The topological polar surface area (TPSA) is 0 Å². The third-order valence-corrected chi connectivity index (χ3v) is 4.55. The molecular weight excluding hydrogens is 192 g/mol. The van der Waals surface area contributed by atoms with E-state index in [1.54, 1.807) is 5.57 Å². The molecule has 0 spiro atoms. The van der Waals surface area contributed by atoms with E-state index >= 15 is 0 Å². The van der Waals surface area contributed by atoms with Crippen LogP contribution in [0, 0.1) is 17.8 Å². The van der Waals surface area contributed by atoms with Crippen molar-refractivity contribution in [2.45, 2.75) is 71.6 Å². The highest BCUT2D eigenvalue weighted by Crippen LogP contribution is 2.41. The van der Waals surface area contributed by atoms with Crippen LogP contribution in [0.4, 0.5) is 0 Å². The standard InChI is InChI=1S/C16H27/c1-3-15-11-13(2)9-10-16(15)12-14-7-5-4-6-8-14/h7,13,15H,3-6,8-12H2,1-2H3. The van der Waals surface area contributed by atoms with Crippen molar-refractivity contribution in [3.05, 3.63) is 17.6 Å². The quantitative estimate of drug-likeness (QED) is 0.565. The van der Waals surface area contributed by atoms with Crippen molar-refractivity contribution >= 4 is 0 Å². The lowest BCUT2D eigenvalue weighted by molar-refractivity contribution is 0.296. The lowest BCUT2D eigenvalue weighted by Gasteiger charge is -2.35. The van der Waals surface area contributed by atoms with Gasteiger partial charge in [0.15, 0.2) is 0 Å². The van der Waals surface area contributed by atoms with Crippen molar-refractivity contribution in [1.82, 2.24) is 0 Å². The van der Waals surface area contributed by atoms with Crippen LogP contribution >= 0.6 is 0 Å². The summed E-state index contributed by atoms with van der Waals surface area (Å²) >= 11 is 0. The SMILES string of the molecule is CCC1CC(C)CC[C]1CC1=CCCCC1. The fraction of sp³-hybridized carbons (Fsp3) is 0.812. The second-order valence-corrected chi connectivity index (χ2v) is 5.93. The molecule has 0 nitrogen and oxygen atoms in total. The predicted molar refractivity (Wildman–Crippen MR) is 71.2 cm³/mol. The van der Waals surface area contributed by atoms with Gasteiger partial charge in [0.1, 0.15) is 0 Å². The third-order valence-electron chi connectivity index (χ3n) is 4.55. The van der Waals surface area contributed by atoms with Gasteiger partial charge < -0.3 is 0 Å². The lowest BCUT2D eigenvalue weighted by Crippen LogP contribution is -2.22. The highest BCUT2D eigenvalue weighted by Gasteiger charge is 2.28. The van der Waals surface area contributed by atoms with E-state index in [1.165, 1.54) is 57.8 Å². The molecule has 0 aromatic heterocycles. The fourth-order valence-corrected chi connectivity index (χ4v) is 3.45. The Bertz CT molecular complexity index is 238. The van der Waals surface area contributed by atoms with Crippen LogP contribution < -0.4 is 0 Å². The van der Waals surface area contributed by atoms with E-state index in [-0.39, 0.29) is 0 Å². The van der Waals surface area contributed by atoms with Gasteiger partial charge in [-0.2, -0.15) is 0 Å². The van der Waals surface area contributed by atoms with Gasteiger partial charge in [-0.05, 0) is 62.7 Å². The second kappa shape index (κ2) is 5.89. The van der Waals surface area contributed by atoms with Crippen LogP contribution in [-0.2, 0) is 0 Å². The molecule has 1 radical (unpaired) electrons. The Morgan fingerprint density at radius 3 is 2.81 bits per heavy atom. The maximum absolute atomic E-state index is 2.53. The maximum atomic E-state index is 2.53. The molecule has 0 saturated heterocycles. The molecule has 1 fully saturated rings. The first-order valence-electron chi connectivity index (χ1n) is 7.32. The van der Waals surface area contributed by atoms with Crippen molar-refractivity contribution in [2.75, 3.05) is 0 Å². The van der Waals surface area contributed by atoms with E-state index < -0.39 is 0 Å². The minimum absolute atomic E-state index is 0.937. The Morgan fingerprint density at radius 1 is 1.25 bits per heavy atom. The monoisotopic (exact) mass is 219 g/mol. The Balaban J connectivity index is 1.89. The third kappa shape index (κ3) is 3.12. The largest absolute Gasteiger partial charge is 0.0853 e. The molecule has 0 amide bonds. The van der Waals surface area contributed by atoms with Crippen LogP contribution in [0.5, 0.6) is 0 Å². The number of hydrogen-bond donors (Lipinski definition) is 0. The van der Waals surface area contributed by atoms with E-state index in [2.05, 4.69) is 19.9 Å². The molecule has 0 heterocycles. The van der Waals surface area contributed by atoms with Gasteiger partial charge in [0, 0.05) is 0 Å². The smallest absolute Gasteiger partial charge is 0.0170 e. The van der Waals surface area contributed by atoms with Gasteiger partial charge in [-0.15, -0.1) is 0 Å². The summed E-state index contributed by atoms with van der Waals surface area (Å²) < 4.78 is 0. The summed E-state index contributed by atoms with van der Waals surface area (Å²) in [4.78, 5) is 0. The van der Waals surface area contributed by atoms with Crippen LogP contribution in [0.3, 0.4) is 0 Å². The number of rotatable bonds is 3. The van der Waals surface area contributed by atoms with E-state index in [0.29, 0.717) is 0 Å². The molecule has 91 valence electrons.